The SMILES string of the molecule is CCCC#N.CCCN(C)C(=O)c1ccc(OC)cc1.CCCNC(=O)c1ccc(OC)cc1.CCOC(=O)C(CC)(COP(=S)(OC)OC)C(=O)OCC.CCOC(=O)C(CC)(COP(=S)(OC)OC)C(=O)OCC.CCOC(=O)C(COC(C)=O)(COP(=S)(OC)OC)C(=O)OCC.CN.COP(=O)([O-])SCC(=O)Nc1ccc(-c2c3ccc(=O)cc-3oc3cc([O-])ccc23)c(C)c1.COP(=O)([O-])[S-].COP([O-])([O-])=S.NO. The number of unbranched alkanes of at least 4 members (excludes halogenated alkanes) is 1. The highest BCUT2D eigenvalue weighted by Crippen LogP contribution is 2.53. The highest BCUT2D eigenvalue weighted by atomic mass is 32.7. The third-order valence-corrected chi connectivity index (χ3v) is 30.8. The van der Waals surface area contributed by atoms with Gasteiger partial charge in [0.15, 0.2) is 23.1 Å². The van der Waals surface area contributed by atoms with Crippen molar-refractivity contribution < 1.29 is 188 Å². The summed E-state index contributed by atoms with van der Waals surface area (Å²) in [5, 5.41) is 32.4. The molecule has 0 radical (unpaired) electrons. The number of esters is 7. The van der Waals surface area contributed by atoms with E-state index in [1.807, 2.05) is 40.0 Å². The molecule has 0 saturated carbocycles. The number of nitriles is 1. The Balaban J connectivity index is -0.000000544. The molecule has 2 unspecified atom stereocenters. The molecular formula is C90H140N6O41P6S6-6. The third-order valence-electron chi connectivity index (χ3n) is 18.4. The Hall–Kier alpha value is -7.84. The molecular weight excluding hydrogens is 2200 g/mol. The lowest BCUT2D eigenvalue weighted by Gasteiger charge is -2.31. The molecule has 0 saturated heterocycles. The van der Waals surface area contributed by atoms with E-state index in [-0.39, 0.29) is 94.4 Å². The second kappa shape index (κ2) is 80.9. The molecule has 0 spiro atoms. The quantitative estimate of drug-likeness (QED) is 0.00450. The zero-order valence-corrected chi connectivity index (χ0v) is 98.5. The van der Waals surface area contributed by atoms with Crippen molar-refractivity contribution in [1.29, 1.82) is 5.26 Å². The van der Waals surface area contributed by atoms with Crippen LogP contribution >= 0.6 is 51.9 Å². The van der Waals surface area contributed by atoms with Crippen LogP contribution in [0.2, 0.25) is 0 Å². The minimum Gasteiger partial charge on any atom is -0.872 e. The normalized spacial score (nSPS) is 11.7. The van der Waals surface area contributed by atoms with E-state index in [1.54, 1.807) is 147 Å². The fourth-order valence-corrected chi connectivity index (χ4v) is 14.9. The maximum absolute atomic E-state index is 12.4. The van der Waals surface area contributed by atoms with Crippen LogP contribution in [0.4, 0.5) is 5.69 Å². The summed E-state index contributed by atoms with van der Waals surface area (Å²) >= 11 is 23.1. The highest BCUT2D eigenvalue weighted by molar-refractivity contribution is 8.54. The number of nitrogens with zero attached hydrogens (tertiary/aromatic N) is 2. The Morgan fingerprint density at radius 3 is 1.21 bits per heavy atom. The predicted molar refractivity (Wildman–Crippen MR) is 567 cm³/mol. The Labute approximate surface area is 900 Å². The van der Waals surface area contributed by atoms with Crippen molar-refractivity contribution in [3.05, 3.63) is 130 Å². The van der Waals surface area contributed by atoms with Gasteiger partial charge in [0.05, 0.1) is 85.5 Å². The Morgan fingerprint density at radius 1 is 0.510 bits per heavy atom. The van der Waals surface area contributed by atoms with E-state index < -0.39 is 118 Å². The highest BCUT2D eigenvalue weighted by Gasteiger charge is 2.53. The van der Waals surface area contributed by atoms with Gasteiger partial charge < -0.3 is 169 Å². The molecule has 1 aliphatic heterocycles. The molecule has 6 rings (SSSR count). The summed E-state index contributed by atoms with van der Waals surface area (Å²) in [6, 6.07) is 30.6. The molecule has 0 fully saturated rings. The van der Waals surface area contributed by atoms with Crippen molar-refractivity contribution in [2.24, 2.45) is 27.9 Å². The van der Waals surface area contributed by atoms with Crippen LogP contribution in [0.5, 0.6) is 17.2 Å². The number of anilines is 1. The second-order valence-corrected chi connectivity index (χ2v) is 47.0. The van der Waals surface area contributed by atoms with E-state index in [4.69, 9.17) is 134 Å². The molecule has 2 aliphatic rings. The molecule has 848 valence electrons. The van der Waals surface area contributed by atoms with Gasteiger partial charge in [0.25, 0.3) is 11.8 Å². The third kappa shape index (κ3) is 57.3. The van der Waals surface area contributed by atoms with Gasteiger partial charge in [-0.3, -0.25) is 57.3 Å². The first-order valence-corrected chi connectivity index (χ1v) is 60.5. The summed E-state index contributed by atoms with van der Waals surface area (Å²) < 4.78 is 129. The molecule has 0 aromatic heterocycles. The first-order chi connectivity index (χ1) is 70.1. The van der Waals surface area contributed by atoms with Gasteiger partial charge >= 0.3 is 61.9 Å². The number of nitrogens with one attached hydrogen (secondary N) is 2. The number of ether oxygens (including phenoxy) is 9. The Bertz CT molecular complexity index is 5200. The lowest BCUT2D eigenvalue weighted by molar-refractivity contribution is -0.319. The van der Waals surface area contributed by atoms with Crippen LogP contribution in [-0.4, -0.2) is 247 Å². The van der Waals surface area contributed by atoms with Crippen LogP contribution < -0.4 is 61.8 Å². The zero-order valence-electron chi connectivity index (χ0n) is 88.2. The molecule has 2 atom stereocenters. The predicted octanol–water partition coefficient (Wildman–Crippen LogP) is 11.5. The van der Waals surface area contributed by atoms with Gasteiger partial charge in [-0.1, -0.05) is 70.9 Å². The van der Waals surface area contributed by atoms with Crippen molar-refractivity contribution in [2.75, 3.05) is 183 Å². The zero-order chi connectivity index (χ0) is 116. The first kappa shape index (κ1) is 150. The summed E-state index contributed by atoms with van der Waals surface area (Å²) in [5.74, 6) is -1.03. The van der Waals surface area contributed by atoms with Crippen LogP contribution in [0.1, 0.15) is 148 Å². The standard InChI is InChI=1S/C23H20NO7PS.C13H23O9PS.C12H17NO2.2C12H23O7PS.C11H15NO2.C4H7N.CH5N.2CH5O3PS.H3NO/c1-13-9-14(24-22(27)12-33-32(28,29)30-2)3-6-17(13)23-18-7-4-15(25)10-20(18)31-21-11-16(26)5-8-19(21)23;1-6-19-11(15)13(8-21-10(3)14,12(16)20-7-2)9-22-23(24,17-4)18-5;1-4-9-13(2)12(14)10-5-7-11(15-3)8-6-10;2*1-6-12(10(13)17-7-2,11(14)18-8-3)9-19-20(21,15-4)16-5;1-3-8-12-11(13)9-4-6-10(14-2)7-5-9;1-2-3-4-5;1-2;2*1-4-5(2,3)6;1-2/h3-11,25H,12H2,1-2H3,(H,24,27)(H,28,29);6-9H2,1-5H3;5-8H,4,9H2,1-3H3;2*6-9H2,1-5H3;4-7H,3,8H2,1-2H3,(H,12,13);2-3H2,1H3;2H2,1H3;2*1H3,(H2,2,3,6);2H,1H2/p-6. The number of benzene rings is 5. The van der Waals surface area contributed by atoms with E-state index in [1.165, 1.54) is 74.0 Å². The monoisotopic (exact) mass is 2340 g/mol. The number of carbonyl (C=O) groups excluding carboxylic acids is 10. The lowest BCUT2D eigenvalue weighted by Crippen LogP contribution is -2.49. The van der Waals surface area contributed by atoms with Gasteiger partial charge in [-0.05, 0) is 213 Å². The molecule has 4 aromatic rings. The minimum atomic E-state index is -4.09. The molecule has 0 bridgehead atoms. The van der Waals surface area contributed by atoms with Gasteiger partial charge in [-0.25, -0.2) is 5.90 Å². The van der Waals surface area contributed by atoms with Gasteiger partial charge in [-0.2, -0.15) is 5.26 Å². The molecule has 7 N–H and O–H groups in total. The van der Waals surface area contributed by atoms with Crippen molar-refractivity contribution in [3.63, 3.8) is 0 Å². The number of methoxy groups -OCH3 is 2. The number of hydrogen-bond acceptors (Lipinski definition) is 50. The number of amides is 3. The van der Waals surface area contributed by atoms with Crippen LogP contribution in [0, 0.1) is 34.5 Å². The number of fused-ring (bicyclic) bond motifs is 2. The molecule has 1 aliphatic carbocycles. The average Bonchev–Trinajstić information content (AvgIpc) is 0.748. The number of aryl methyl sites for hydroxylation is 1. The second-order valence-electron chi connectivity index (χ2n) is 28.2. The van der Waals surface area contributed by atoms with Crippen molar-refractivity contribution in [2.45, 2.75) is 129 Å². The van der Waals surface area contributed by atoms with E-state index in [0.717, 1.165) is 82.2 Å². The molecule has 1 heterocycles. The van der Waals surface area contributed by atoms with Crippen LogP contribution in [0.15, 0.2) is 112 Å². The Morgan fingerprint density at radius 2 is 0.893 bits per heavy atom. The molecule has 59 heteroatoms. The van der Waals surface area contributed by atoms with E-state index in [9.17, 15) is 86.6 Å². The van der Waals surface area contributed by atoms with Crippen molar-refractivity contribution >= 4 is 187 Å². The molecule has 4 aromatic carbocycles. The molecule has 149 heavy (non-hydrogen) atoms. The average molecular weight is 2340 g/mol. The number of rotatable bonds is 48. The lowest BCUT2D eigenvalue weighted by atomic mass is 9.86. The van der Waals surface area contributed by atoms with Crippen LogP contribution in [0.25, 0.3) is 33.4 Å². The maximum Gasteiger partial charge on any atom is 0.329 e. The van der Waals surface area contributed by atoms with Gasteiger partial charge in [0.2, 0.25) is 11.3 Å². The van der Waals surface area contributed by atoms with Crippen LogP contribution in [0.3, 0.4) is 0 Å². The summed E-state index contributed by atoms with van der Waals surface area (Å²) in [6.07, 6.45) is 3.89. The summed E-state index contributed by atoms with van der Waals surface area (Å²) in [5.41, 5.74) is 4.49. The van der Waals surface area contributed by atoms with Crippen molar-refractivity contribution in [3.8, 4) is 45.8 Å². The van der Waals surface area contributed by atoms with E-state index in [2.05, 4.69) is 66.8 Å². The van der Waals surface area contributed by atoms with Gasteiger partial charge in [-0.15, -0.1) is 17.6 Å². The number of hydrogen-bond donors (Lipinski definition) is 5. The summed E-state index contributed by atoms with van der Waals surface area (Å²) in [4.78, 5) is 174. The first-order valence-electron chi connectivity index (χ1n) is 44.6. The summed E-state index contributed by atoms with van der Waals surface area (Å²) in [6.45, 7) is 1.49. The van der Waals surface area contributed by atoms with E-state index in [0.29, 0.717) is 63.5 Å². The van der Waals surface area contributed by atoms with E-state index >= 15 is 0 Å². The molecule has 47 nitrogen and oxygen atoms in total. The topological polar surface area (TPSA) is 668 Å². The number of nitrogens with two attached hydrogens (primary N) is 2. The minimum absolute atomic E-state index is 0.00275. The van der Waals surface area contributed by atoms with Crippen molar-refractivity contribution in [1.82, 2.24) is 10.2 Å². The Kier molecular flexibility index (Phi) is 81.2. The molecule has 3 amide bonds. The maximum atomic E-state index is 12.4. The van der Waals surface area contributed by atoms with Gasteiger partial charge in [0, 0.05) is 144 Å². The number of carbonyl (C=O) groups is 10. The summed E-state index contributed by atoms with van der Waals surface area (Å²) in [7, 11) is 17.5. The fraction of sp³-hybridized carbons (Fsp3) is 0.533. The largest absolute Gasteiger partial charge is 0.872 e. The van der Waals surface area contributed by atoms with Gasteiger partial charge in [0.1, 0.15) is 29.4 Å². The fourth-order valence-electron chi connectivity index (χ4n) is 10.6. The van der Waals surface area contributed by atoms with Crippen LogP contribution in [-0.2, 0) is 194 Å². The smallest absolute Gasteiger partial charge is 0.329 e.